The van der Waals surface area contributed by atoms with E-state index in [-0.39, 0.29) is 41.0 Å². The highest BCUT2D eigenvalue weighted by Gasteiger charge is 2.50. The van der Waals surface area contributed by atoms with Gasteiger partial charge in [-0.3, -0.25) is 14.4 Å². The van der Waals surface area contributed by atoms with Crippen molar-refractivity contribution in [3.63, 3.8) is 0 Å². The largest absolute Gasteiger partial charge is 0.507 e. The summed E-state index contributed by atoms with van der Waals surface area (Å²) in [4.78, 5) is 50.9. The quantitative estimate of drug-likeness (QED) is 0.150. The third kappa shape index (κ3) is 4.68. The number of hydrogen-bond acceptors (Lipinski definition) is 13. The smallest absolute Gasteiger partial charge is 0.202 e. The fourth-order valence-electron chi connectivity index (χ4n) is 6.12. The average Bonchev–Trinajstić information content (AvgIpc) is 2.97. The van der Waals surface area contributed by atoms with E-state index in [0.29, 0.717) is 6.29 Å². The van der Waals surface area contributed by atoms with E-state index in [1.165, 1.54) is 25.3 Å². The summed E-state index contributed by atoms with van der Waals surface area (Å²) in [6, 6.07) is 3.70. The number of carbonyl (C=O) groups excluding carboxylic acids is 4. The number of ether oxygens (including phenoxy) is 3. The molecule has 3 aliphatic rings. The minimum Gasteiger partial charge on any atom is -0.507 e. The zero-order valence-electron chi connectivity index (χ0n) is 22.8. The lowest BCUT2D eigenvalue weighted by molar-refractivity contribution is -0.249. The van der Waals surface area contributed by atoms with Gasteiger partial charge in [0.15, 0.2) is 17.9 Å². The zero-order valence-corrected chi connectivity index (χ0v) is 22.8. The first-order valence-electron chi connectivity index (χ1n) is 13.4. The number of fused-ring (bicyclic) bond motifs is 3. The lowest BCUT2D eigenvalue weighted by Crippen LogP contribution is -2.55. The Labute approximate surface area is 239 Å². The highest BCUT2D eigenvalue weighted by molar-refractivity contribution is 6.31. The van der Waals surface area contributed by atoms with Crippen LogP contribution in [0.5, 0.6) is 17.2 Å². The first-order valence-corrected chi connectivity index (χ1v) is 13.4. The molecule has 0 saturated carbocycles. The zero-order chi connectivity index (χ0) is 30.5. The Morgan fingerprint density at radius 3 is 2.55 bits per heavy atom. The number of ketones is 3. The SMILES string of the molecule is COc1cccc2c1C(=O)c1c(O)c3c(c(O)c1C2=O)C[C@@](O)(C(=O)CO)C[C@@H]3OC1CC(NCC=O)C(O)C(C)O1. The summed E-state index contributed by atoms with van der Waals surface area (Å²) in [6.07, 6.45) is -4.73. The summed E-state index contributed by atoms with van der Waals surface area (Å²) in [5.74, 6) is -3.88. The van der Waals surface area contributed by atoms with E-state index < -0.39 is 95.7 Å². The summed E-state index contributed by atoms with van der Waals surface area (Å²) < 4.78 is 17.2. The van der Waals surface area contributed by atoms with Crippen molar-refractivity contribution in [1.29, 1.82) is 0 Å². The first-order chi connectivity index (χ1) is 20.0. The molecule has 2 aromatic carbocycles. The first kappa shape index (κ1) is 29.8. The lowest BCUT2D eigenvalue weighted by Gasteiger charge is -2.43. The predicted octanol–water partition coefficient (Wildman–Crippen LogP) is -0.169. The third-order valence-electron chi connectivity index (χ3n) is 8.22. The van der Waals surface area contributed by atoms with Crippen molar-refractivity contribution in [3.05, 3.63) is 51.6 Å². The van der Waals surface area contributed by atoms with Gasteiger partial charge in [0.1, 0.15) is 35.7 Å². The van der Waals surface area contributed by atoms with Gasteiger partial charge < -0.3 is 49.9 Å². The number of phenols is 2. The Bertz CT molecular complexity index is 1470. The number of methoxy groups -OCH3 is 1. The van der Waals surface area contributed by atoms with Crippen LogP contribution in [0.25, 0.3) is 0 Å². The van der Waals surface area contributed by atoms with E-state index in [2.05, 4.69) is 5.32 Å². The van der Waals surface area contributed by atoms with Crippen LogP contribution in [0.2, 0.25) is 0 Å². The van der Waals surface area contributed by atoms with E-state index in [1.54, 1.807) is 6.92 Å². The standard InChI is InChI=1S/C29H31NO12/c1-12-24(34)15(30-6-7-31)8-19(41-12)42-17-10-29(39,18(33)11-32)9-14-21(17)28(38)23-22(26(14)36)25(35)13-4-3-5-16(40-2)20(13)27(23)37/h3-5,7,12,15,17,19,24,30,32,34,36,38-39H,6,8-11H2,1-2H3/t12?,15?,17-,19?,24?,29-/m0/s1. The van der Waals surface area contributed by atoms with Crippen molar-refractivity contribution in [3.8, 4) is 17.2 Å². The number of carbonyl (C=O) groups is 4. The van der Waals surface area contributed by atoms with E-state index in [4.69, 9.17) is 14.2 Å². The predicted molar refractivity (Wildman–Crippen MR) is 142 cm³/mol. The van der Waals surface area contributed by atoms with Crippen LogP contribution in [0.4, 0.5) is 0 Å². The molecule has 0 amide bonds. The Morgan fingerprint density at radius 1 is 1.17 bits per heavy atom. The van der Waals surface area contributed by atoms with E-state index in [1.807, 2.05) is 0 Å². The number of Topliss-reactive ketones (excluding diaryl/α,β-unsaturated/α-hetero) is 1. The summed E-state index contributed by atoms with van der Waals surface area (Å²) >= 11 is 0. The molecule has 0 radical (unpaired) electrons. The molecular weight excluding hydrogens is 554 g/mol. The van der Waals surface area contributed by atoms with E-state index >= 15 is 0 Å². The molecule has 1 heterocycles. The van der Waals surface area contributed by atoms with Crippen LogP contribution < -0.4 is 10.1 Å². The van der Waals surface area contributed by atoms with Gasteiger partial charge in [-0.2, -0.15) is 0 Å². The second-order valence-electron chi connectivity index (χ2n) is 10.7. The number of rotatable bonds is 8. The Kier molecular flexibility index (Phi) is 7.91. The van der Waals surface area contributed by atoms with Crippen LogP contribution in [0.1, 0.15) is 68.8 Å². The molecule has 2 aromatic rings. The Balaban J connectivity index is 1.64. The molecule has 0 bridgehead atoms. The highest BCUT2D eigenvalue weighted by Crippen LogP contribution is 2.52. The van der Waals surface area contributed by atoms with Gasteiger partial charge in [0.05, 0.1) is 48.7 Å². The lowest BCUT2D eigenvalue weighted by atomic mass is 9.72. The number of nitrogens with one attached hydrogen (secondary N) is 1. The van der Waals surface area contributed by atoms with Gasteiger partial charge in [-0.15, -0.1) is 0 Å². The number of aliphatic hydroxyl groups excluding tert-OH is 2. The van der Waals surface area contributed by atoms with Crippen molar-refractivity contribution in [2.24, 2.45) is 0 Å². The molecule has 0 spiro atoms. The van der Waals surface area contributed by atoms with Crippen molar-refractivity contribution >= 4 is 23.6 Å². The molecule has 6 N–H and O–H groups in total. The van der Waals surface area contributed by atoms with Crippen LogP contribution >= 0.6 is 0 Å². The maximum Gasteiger partial charge on any atom is 0.202 e. The normalized spacial score (nSPS) is 28.5. The molecule has 2 aliphatic carbocycles. The number of hydrogen-bond donors (Lipinski definition) is 6. The topological polar surface area (TPSA) is 209 Å². The second-order valence-corrected chi connectivity index (χ2v) is 10.7. The van der Waals surface area contributed by atoms with Gasteiger partial charge >= 0.3 is 0 Å². The average molecular weight is 586 g/mol. The van der Waals surface area contributed by atoms with Gasteiger partial charge in [0.2, 0.25) is 5.78 Å². The number of aliphatic hydroxyl groups is 3. The monoisotopic (exact) mass is 585 g/mol. The second kappa shape index (κ2) is 11.2. The van der Waals surface area contributed by atoms with Crippen LogP contribution in [-0.2, 0) is 25.5 Å². The Morgan fingerprint density at radius 2 is 1.88 bits per heavy atom. The number of aldehydes is 1. The van der Waals surface area contributed by atoms with Crippen LogP contribution in [0.3, 0.4) is 0 Å². The maximum atomic E-state index is 13.7. The van der Waals surface area contributed by atoms with E-state index in [0.717, 1.165) is 0 Å². The van der Waals surface area contributed by atoms with Crippen molar-refractivity contribution in [1.82, 2.24) is 5.32 Å². The minimum atomic E-state index is -2.28. The molecule has 13 nitrogen and oxygen atoms in total. The van der Waals surface area contributed by atoms with Gasteiger partial charge in [-0.05, 0) is 13.0 Å². The van der Waals surface area contributed by atoms with Gasteiger partial charge in [-0.1, -0.05) is 12.1 Å². The number of phenolic OH excluding ortho intramolecular Hbond substituents is 2. The maximum absolute atomic E-state index is 13.7. The van der Waals surface area contributed by atoms with Crippen molar-refractivity contribution in [2.75, 3.05) is 20.3 Å². The van der Waals surface area contributed by atoms with Crippen molar-refractivity contribution in [2.45, 2.75) is 62.4 Å². The number of benzene rings is 2. The van der Waals surface area contributed by atoms with Crippen LogP contribution in [0.15, 0.2) is 18.2 Å². The summed E-state index contributed by atoms with van der Waals surface area (Å²) in [6.45, 7) is 0.479. The molecule has 13 heteroatoms. The van der Waals surface area contributed by atoms with Gasteiger partial charge in [0.25, 0.3) is 0 Å². The fraction of sp³-hybridized carbons (Fsp3) is 0.448. The molecule has 0 aromatic heterocycles. The molecule has 1 fully saturated rings. The fourth-order valence-corrected chi connectivity index (χ4v) is 6.12. The molecule has 1 saturated heterocycles. The van der Waals surface area contributed by atoms with Crippen LogP contribution in [0, 0.1) is 0 Å². The van der Waals surface area contributed by atoms with Gasteiger partial charge in [0, 0.05) is 42.0 Å². The molecule has 6 atom stereocenters. The van der Waals surface area contributed by atoms with E-state index in [9.17, 15) is 44.7 Å². The minimum absolute atomic E-state index is 0.0111. The molecule has 4 unspecified atom stereocenters. The summed E-state index contributed by atoms with van der Waals surface area (Å²) in [7, 11) is 1.31. The van der Waals surface area contributed by atoms with Crippen LogP contribution in [-0.4, -0.2) is 99.6 Å². The van der Waals surface area contributed by atoms with Crippen molar-refractivity contribution < 1.29 is 58.9 Å². The Hall–Kier alpha value is -3.72. The number of aromatic hydroxyl groups is 2. The summed E-state index contributed by atoms with van der Waals surface area (Å²) in [5.41, 5.74) is -3.78. The third-order valence-corrected chi connectivity index (χ3v) is 8.22. The highest BCUT2D eigenvalue weighted by atomic mass is 16.7. The molecule has 224 valence electrons. The molecule has 1 aliphatic heterocycles. The van der Waals surface area contributed by atoms with Gasteiger partial charge in [-0.25, -0.2) is 0 Å². The molecular formula is C29H31NO12. The molecule has 5 rings (SSSR count). The summed E-state index contributed by atoms with van der Waals surface area (Å²) in [5, 5.41) is 57.2. The molecule has 42 heavy (non-hydrogen) atoms.